The van der Waals surface area contributed by atoms with Crippen molar-refractivity contribution in [3.63, 3.8) is 0 Å². The maximum atomic E-state index is 9.59. The number of allylic oxidation sites excluding steroid dienone is 2. The number of methoxy groups -OCH3 is 1. The van der Waals surface area contributed by atoms with Gasteiger partial charge in [0.1, 0.15) is 0 Å². The number of hydrogen-bond donors (Lipinski definition) is 1. The lowest BCUT2D eigenvalue weighted by atomic mass is 9.87. The van der Waals surface area contributed by atoms with E-state index < -0.39 is 6.29 Å². The molecule has 1 aliphatic heterocycles. The third-order valence-electron chi connectivity index (χ3n) is 6.92. The average Bonchev–Trinajstić information content (AvgIpc) is 3.40. The van der Waals surface area contributed by atoms with Gasteiger partial charge in [-0.1, -0.05) is 44.3 Å². The molecule has 0 aromatic carbocycles. The van der Waals surface area contributed by atoms with Crippen LogP contribution < -0.4 is 4.67 Å². The van der Waals surface area contributed by atoms with E-state index in [0.29, 0.717) is 24.5 Å². The summed E-state index contributed by atoms with van der Waals surface area (Å²) in [6, 6.07) is 0. The van der Waals surface area contributed by atoms with Crippen LogP contribution in [0, 0.1) is 17.8 Å². The van der Waals surface area contributed by atoms with E-state index in [4.69, 9.17) is 9.47 Å². The molecule has 0 aromatic heterocycles. The molecule has 5 unspecified atom stereocenters. The van der Waals surface area contributed by atoms with E-state index in [9.17, 15) is 5.11 Å². The smallest absolute Gasteiger partial charge is 0.272 e. The summed E-state index contributed by atoms with van der Waals surface area (Å²) in [5, 5.41) is 9.59. The van der Waals surface area contributed by atoms with E-state index in [0.717, 1.165) is 44.4 Å². The predicted octanol–water partition coefficient (Wildman–Crippen LogP) is 5.46. The number of aliphatic hydroxyl groups excluding tert-OH is 1. The molecule has 0 spiro atoms. The standard InChI is InChI=1S/C26H46NO3/c1-3-30-26(28)16-12-6-4-5-11-15-24-23(17-18-25(24)29-2)14-10-8-7-9-13-22-19-20-27-21-22/h5,11,20-26,28H,3-4,6-10,12-19H2,1-2H3/q+1. The molecule has 1 heterocycles. The van der Waals surface area contributed by atoms with Gasteiger partial charge in [0.2, 0.25) is 0 Å². The summed E-state index contributed by atoms with van der Waals surface area (Å²) in [4.78, 5) is 0. The second kappa shape index (κ2) is 15.8. The molecule has 1 N–H and O–H groups in total. The molecule has 4 heteroatoms. The fourth-order valence-electron chi connectivity index (χ4n) is 5.13. The topological polar surface area (TPSA) is 52.8 Å². The molecule has 0 bridgehead atoms. The molecule has 0 aromatic rings. The maximum absolute atomic E-state index is 9.59. The lowest BCUT2D eigenvalue weighted by molar-refractivity contribution is -0.0993. The van der Waals surface area contributed by atoms with Crippen LogP contribution in [-0.2, 0) is 9.47 Å². The van der Waals surface area contributed by atoms with Crippen LogP contribution >= 0.6 is 0 Å². The molecule has 0 saturated heterocycles. The summed E-state index contributed by atoms with van der Waals surface area (Å²) >= 11 is 0. The van der Waals surface area contributed by atoms with Gasteiger partial charge < -0.3 is 14.6 Å². The minimum atomic E-state index is -0.587. The van der Waals surface area contributed by atoms with Crippen LogP contribution in [0.3, 0.4) is 0 Å². The van der Waals surface area contributed by atoms with Crippen LogP contribution in [0.1, 0.15) is 96.8 Å². The van der Waals surface area contributed by atoms with Crippen LogP contribution in [0.2, 0.25) is 0 Å². The van der Waals surface area contributed by atoms with E-state index in [1.165, 1.54) is 51.4 Å². The highest BCUT2D eigenvalue weighted by molar-refractivity contribution is 5.76. The third-order valence-corrected chi connectivity index (χ3v) is 6.92. The summed E-state index contributed by atoms with van der Waals surface area (Å²) in [6.07, 6.45) is 25.7. The maximum Gasteiger partial charge on any atom is 0.272 e. The summed E-state index contributed by atoms with van der Waals surface area (Å²) in [5.74, 6) is 2.24. The first-order valence-corrected chi connectivity index (χ1v) is 12.6. The van der Waals surface area contributed by atoms with Gasteiger partial charge in [-0.3, -0.25) is 0 Å². The molecule has 2 aliphatic rings. The minimum absolute atomic E-state index is 0.443. The highest BCUT2D eigenvalue weighted by atomic mass is 16.6. The molecule has 5 atom stereocenters. The van der Waals surface area contributed by atoms with Gasteiger partial charge in [-0.15, -0.1) is 4.67 Å². The summed E-state index contributed by atoms with van der Waals surface area (Å²) in [6.45, 7) is 2.50. The Hall–Kier alpha value is -0.930. The molecule has 2 rings (SSSR count). The summed E-state index contributed by atoms with van der Waals surface area (Å²) in [5.41, 5.74) is 0. The largest absolute Gasteiger partial charge is 0.381 e. The molecule has 1 aliphatic carbocycles. The van der Waals surface area contributed by atoms with Gasteiger partial charge in [-0.25, -0.2) is 0 Å². The van der Waals surface area contributed by atoms with E-state index >= 15 is 0 Å². The van der Waals surface area contributed by atoms with Crippen molar-refractivity contribution in [2.75, 3.05) is 13.7 Å². The first kappa shape index (κ1) is 25.3. The Morgan fingerprint density at radius 3 is 2.63 bits per heavy atom. The normalized spacial score (nSPS) is 26.9. The van der Waals surface area contributed by atoms with Gasteiger partial charge >= 0.3 is 0 Å². The number of aliphatic hydroxyl groups is 1. The number of unbranched alkanes of at least 4 members (excludes halogenated alkanes) is 5. The molecule has 172 valence electrons. The van der Waals surface area contributed by atoms with Crippen LogP contribution in [0.5, 0.6) is 0 Å². The van der Waals surface area contributed by atoms with E-state index in [-0.39, 0.29) is 0 Å². The van der Waals surface area contributed by atoms with Crippen molar-refractivity contribution >= 4 is 12.4 Å². The molecule has 0 amide bonds. The Morgan fingerprint density at radius 2 is 1.90 bits per heavy atom. The Labute approximate surface area is 184 Å². The van der Waals surface area contributed by atoms with Gasteiger partial charge in [0.05, 0.1) is 18.4 Å². The van der Waals surface area contributed by atoms with Gasteiger partial charge in [0.15, 0.2) is 6.29 Å². The van der Waals surface area contributed by atoms with Crippen molar-refractivity contribution in [2.45, 2.75) is 109 Å². The van der Waals surface area contributed by atoms with Crippen LogP contribution in [0.25, 0.3) is 0 Å². The van der Waals surface area contributed by atoms with Crippen LogP contribution in [-0.4, -0.2) is 43.6 Å². The van der Waals surface area contributed by atoms with Crippen molar-refractivity contribution in [2.24, 2.45) is 17.8 Å². The van der Waals surface area contributed by atoms with Crippen molar-refractivity contribution < 1.29 is 14.6 Å². The summed E-state index contributed by atoms with van der Waals surface area (Å²) < 4.78 is 15.2. The Balaban J connectivity index is 1.55. The first-order chi connectivity index (χ1) is 14.7. The highest BCUT2D eigenvalue weighted by Gasteiger charge is 2.34. The number of hydrogen-bond acceptors (Lipinski definition) is 3. The second-order valence-corrected chi connectivity index (χ2v) is 9.15. The molecule has 1 fully saturated rings. The van der Waals surface area contributed by atoms with E-state index in [1.54, 1.807) is 0 Å². The zero-order chi connectivity index (χ0) is 21.4. The SMILES string of the molecule is CCOC(O)CCCCC=CCC1C(CCCCCCC2C=[N+]=CC2)CCC1OC. The lowest BCUT2D eigenvalue weighted by Gasteiger charge is -2.23. The number of ether oxygens (including phenoxy) is 2. The highest BCUT2D eigenvalue weighted by Crippen LogP contribution is 2.39. The fourth-order valence-corrected chi connectivity index (χ4v) is 5.13. The number of rotatable bonds is 17. The van der Waals surface area contributed by atoms with E-state index in [1.807, 2.05) is 14.0 Å². The molecule has 4 nitrogen and oxygen atoms in total. The third kappa shape index (κ3) is 9.92. The van der Waals surface area contributed by atoms with Gasteiger partial charge in [-0.2, -0.15) is 0 Å². The van der Waals surface area contributed by atoms with Crippen LogP contribution in [0.15, 0.2) is 12.2 Å². The fraction of sp³-hybridized carbons (Fsp3) is 0.846. The van der Waals surface area contributed by atoms with Gasteiger partial charge in [0, 0.05) is 13.7 Å². The predicted molar refractivity (Wildman–Crippen MR) is 127 cm³/mol. The van der Waals surface area contributed by atoms with Crippen molar-refractivity contribution in [3.8, 4) is 0 Å². The van der Waals surface area contributed by atoms with Crippen molar-refractivity contribution in [1.29, 1.82) is 0 Å². The molecular formula is C26H46NO3+. The summed E-state index contributed by atoms with van der Waals surface area (Å²) in [7, 11) is 1.89. The van der Waals surface area contributed by atoms with Crippen molar-refractivity contribution in [1.82, 2.24) is 4.67 Å². The monoisotopic (exact) mass is 420 g/mol. The second-order valence-electron chi connectivity index (χ2n) is 9.15. The van der Waals surface area contributed by atoms with Gasteiger partial charge in [0.25, 0.3) is 12.4 Å². The Kier molecular flexibility index (Phi) is 13.3. The first-order valence-electron chi connectivity index (χ1n) is 12.6. The average molecular weight is 421 g/mol. The quantitative estimate of drug-likeness (QED) is 0.147. The molecule has 30 heavy (non-hydrogen) atoms. The Bertz CT molecular complexity index is 526. The van der Waals surface area contributed by atoms with Gasteiger partial charge in [-0.05, 0) is 70.1 Å². The number of nitrogens with zero attached hydrogens (tertiary/aromatic N) is 1. The zero-order valence-corrected chi connectivity index (χ0v) is 19.5. The van der Waals surface area contributed by atoms with Crippen molar-refractivity contribution in [3.05, 3.63) is 12.2 Å². The zero-order valence-electron chi connectivity index (χ0n) is 19.5. The minimum Gasteiger partial charge on any atom is -0.381 e. The molecule has 1 saturated carbocycles. The molecule has 0 radical (unpaired) electrons. The van der Waals surface area contributed by atoms with Crippen LogP contribution in [0.4, 0.5) is 0 Å². The Morgan fingerprint density at radius 1 is 1.07 bits per heavy atom. The lowest BCUT2D eigenvalue weighted by Crippen LogP contribution is -2.20. The molecular weight excluding hydrogens is 374 g/mol. The van der Waals surface area contributed by atoms with E-state index in [2.05, 4.69) is 29.2 Å².